The highest BCUT2D eigenvalue weighted by Crippen LogP contribution is 2.33. The Morgan fingerprint density at radius 1 is 1.26 bits per heavy atom. The summed E-state index contributed by atoms with van der Waals surface area (Å²) in [6.07, 6.45) is -6.43. The van der Waals surface area contributed by atoms with E-state index in [0.29, 0.717) is 5.56 Å². The molecular weight excluding hydrogens is 341 g/mol. The zero-order valence-electron chi connectivity index (χ0n) is 11.1. The van der Waals surface area contributed by atoms with Gasteiger partial charge in [-0.15, -0.1) is 13.2 Å². The van der Waals surface area contributed by atoms with Gasteiger partial charge in [0.25, 0.3) is 0 Å². The molecule has 1 aromatic carbocycles. The van der Waals surface area contributed by atoms with Crippen molar-refractivity contribution in [3.8, 4) is 22.9 Å². The number of aromatic nitrogens is 1. The molecule has 6 nitrogen and oxygen atoms in total. The van der Waals surface area contributed by atoms with E-state index in [4.69, 9.17) is 22.4 Å². The van der Waals surface area contributed by atoms with Crippen molar-refractivity contribution in [3.63, 3.8) is 0 Å². The maximum Gasteiger partial charge on any atom is 0.573 e. The first-order valence-corrected chi connectivity index (χ1v) is 6.26. The van der Waals surface area contributed by atoms with E-state index in [9.17, 15) is 18.0 Å². The van der Waals surface area contributed by atoms with Crippen molar-refractivity contribution in [2.24, 2.45) is 0 Å². The summed E-state index contributed by atoms with van der Waals surface area (Å²) >= 11 is 5.77. The van der Waals surface area contributed by atoms with Crippen molar-refractivity contribution >= 4 is 23.4 Å². The van der Waals surface area contributed by atoms with Crippen LogP contribution in [-0.2, 0) is 0 Å². The fourth-order valence-electron chi connectivity index (χ4n) is 1.65. The van der Waals surface area contributed by atoms with Crippen LogP contribution in [0.5, 0.6) is 11.6 Å². The van der Waals surface area contributed by atoms with Crippen molar-refractivity contribution in [3.05, 3.63) is 35.4 Å². The lowest BCUT2D eigenvalue weighted by atomic mass is 10.1. The molecule has 0 radical (unpaired) electrons. The maximum absolute atomic E-state index is 12.1. The van der Waals surface area contributed by atoms with Crippen LogP contribution < -0.4 is 15.2 Å². The molecular formula is C13H8ClF3N2O4. The minimum absolute atomic E-state index is 0.00327. The number of ether oxygens (including phenoxy) is 2. The molecule has 0 aliphatic heterocycles. The van der Waals surface area contributed by atoms with Gasteiger partial charge in [-0.3, -0.25) is 0 Å². The van der Waals surface area contributed by atoms with Crippen LogP contribution in [0.2, 0.25) is 5.02 Å². The van der Waals surface area contributed by atoms with E-state index in [1.54, 1.807) is 0 Å². The second kappa shape index (κ2) is 6.21. The van der Waals surface area contributed by atoms with Crippen LogP contribution in [0.25, 0.3) is 11.3 Å². The number of rotatable bonds is 3. The largest absolute Gasteiger partial charge is 0.573 e. The van der Waals surface area contributed by atoms with Crippen molar-refractivity contribution in [2.75, 3.05) is 5.73 Å². The van der Waals surface area contributed by atoms with Gasteiger partial charge in [-0.2, -0.15) is 0 Å². The van der Waals surface area contributed by atoms with Gasteiger partial charge in [0.05, 0.1) is 11.4 Å². The Balaban J connectivity index is 2.34. The van der Waals surface area contributed by atoms with E-state index in [1.807, 2.05) is 0 Å². The summed E-state index contributed by atoms with van der Waals surface area (Å²) < 4.78 is 44.4. The normalized spacial score (nSPS) is 11.1. The molecule has 0 aliphatic rings. The number of alkyl halides is 3. The third-order valence-corrected chi connectivity index (χ3v) is 2.90. The second-order valence-corrected chi connectivity index (χ2v) is 4.53. The van der Waals surface area contributed by atoms with Gasteiger partial charge >= 0.3 is 12.5 Å². The van der Waals surface area contributed by atoms with Crippen LogP contribution >= 0.6 is 11.6 Å². The lowest BCUT2D eigenvalue weighted by Gasteiger charge is -2.10. The number of hydrogen-bond acceptors (Lipinski definition) is 5. The molecule has 0 amide bonds. The first-order chi connectivity index (χ1) is 10.7. The highest BCUT2D eigenvalue weighted by molar-refractivity contribution is 6.34. The predicted molar refractivity (Wildman–Crippen MR) is 74.4 cm³/mol. The van der Waals surface area contributed by atoms with Crippen molar-refractivity contribution in [1.29, 1.82) is 0 Å². The van der Waals surface area contributed by atoms with Crippen LogP contribution in [0.15, 0.2) is 30.3 Å². The van der Waals surface area contributed by atoms with Crippen LogP contribution in [0.4, 0.5) is 23.7 Å². The number of carbonyl (C=O) groups is 1. The molecule has 0 aliphatic carbocycles. The number of carboxylic acid groups (broad SMARTS) is 1. The maximum atomic E-state index is 12.1. The van der Waals surface area contributed by atoms with E-state index in [1.165, 1.54) is 18.2 Å². The molecule has 23 heavy (non-hydrogen) atoms. The monoisotopic (exact) mass is 348 g/mol. The molecule has 0 saturated heterocycles. The Bertz CT molecular complexity index is 735. The zero-order valence-corrected chi connectivity index (χ0v) is 11.9. The number of anilines is 1. The summed E-state index contributed by atoms with van der Waals surface area (Å²) in [7, 11) is 0. The summed E-state index contributed by atoms with van der Waals surface area (Å²) in [4.78, 5) is 14.4. The number of halogens is 4. The molecule has 0 unspecified atom stereocenters. The van der Waals surface area contributed by atoms with Gasteiger partial charge in [-0.25, -0.2) is 9.78 Å². The van der Waals surface area contributed by atoms with Gasteiger partial charge in [-0.05, 0) is 30.3 Å². The van der Waals surface area contributed by atoms with Crippen molar-refractivity contribution in [2.45, 2.75) is 6.36 Å². The van der Waals surface area contributed by atoms with E-state index in [2.05, 4.69) is 14.5 Å². The topological polar surface area (TPSA) is 94.7 Å². The van der Waals surface area contributed by atoms with E-state index in [-0.39, 0.29) is 16.4 Å². The second-order valence-electron chi connectivity index (χ2n) is 4.16. The summed E-state index contributed by atoms with van der Waals surface area (Å²) in [6.45, 7) is 0. The van der Waals surface area contributed by atoms with Crippen LogP contribution in [0.3, 0.4) is 0 Å². The number of nitrogens with zero attached hydrogens (tertiary/aromatic N) is 1. The fourth-order valence-corrected chi connectivity index (χ4v) is 1.79. The van der Waals surface area contributed by atoms with Gasteiger partial charge in [0.2, 0.25) is 5.88 Å². The molecule has 3 N–H and O–H groups in total. The Morgan fingerprint density at radius 2 is 1.87 bits per heavy atom. The molecule has 0 bridgehead atoms. The number of nitrogens with two attached hydrogens (primary N) is 1. The molecule has 0 atom stereocenters. The first-order valence-electron chi connectivity index (χ1n) is 5.88. The molecule has 122 valence electrons. The number of nitrogen functional groups attached to an aromatic ring is 1. The average molecular weight is 349 g/mol. The first kappa shape index (κ1) is 16.7. The van der Waals surface area contributed by atoms with E-state index >= 15 is 0 Å². The summed E-state index contributed by atoms with van der Waals surface area (Å²) in [6, 6.07) is 6.07. The van der Waals surface area contributed by atoms with Gasteiger partial charge < -0.3 is 20.3 Å². The molecule has 0 spiro atoms. The zero-order chi connectivity index (χ0) is 17.2. The Morgan fingerprint density at radius 3 is 2.39 bits per heavy atom. The molecule has 2 rings (SSSR count). The SMILES string of the molecule is Nc1cc(-c2ccc(OC(F)(F)F)cc2)nc(OC(=O)O)c1Cl. The standard InChI is InChI=1S/C13H8ClF3N2O4/c14-10-8(18)5-9(19-11(10)22-12(20)21)6-1-3-7(4-2-6)23-13(15,16)17/h1-5H,(H2,18,19)(H,20,21). The summed E-state index contributed by atoms with van der Waals surface area (Å²) in [5.41, 5.74) is 6.16. The lowest BCUT2D eigenvalue weighted by molar-refractivity contribution is -0.274. The highest BCUT2D eigenvalue weighted by atomic mass is 35.5. The van der Waals surface area contributed by atoms with Crippen LogP contribution in [0.1, 0.15) is 0 Å². The van der Waals surface area contributed by atoms with Gasteiger partial charge in [-0.1, -0.05) is 11.6 Å². The molecule has 10 heteroatoms. The predicted octanol–water partition coefficient (Wildman–Crippen LogP) is 3.94. The van der Waals surface area contributed by atoms with E-state index < -0.39 is 24.1 Å². The van der Waals surface area contributed by atoms with E-state index in [0.717, 1.165) is 12.1 Å². The lowest BCUT2D eigenvalue weighted by Crippen LogP contribution is -2.16. The quantitative estimate of drug-likeness (QED) is 0.816. The molecule has 1 aromatic heterocycles. The van der Waals surface area contributed by atoms with Gasteiger partial charge in [0, 0.05) is 5.56 Å². The Hall–Kier alpha value is -2.68. The highest BCUT2D eigenvalue weighted by Gasteiger charge is 2.31. The van der Waals surface area contributed by atoms with Gasteiger partial charge in [0.15, 0.2) is 0 Å². The van der Waals surface area contributed by atoms with Crippen molar-refractivity contribution < 1.29 is 32.5 Å². The van der Waals surface area contributed by atoms with Crippen LogP contribution in [-0.4, -0.2) is 22.6 Å². The minimum atomic E-state index is -4.80. The Labute approximate surface area is 132 Å². The number of benzene rings is 1. The minimum Gasteiger partial charge on any atom is -0.449 e. The van der Waals surface area contributed by atoms with Crippen molar-refractivity contribution in [1.82, 2.24) is 4.98 Å². The smallest absolute Gasteiger partial charge is 0.449 e. The summed E-state index contributed by atoms with van der Waals surface area (Å²) in [5.74, 6) is -0.838. The summed E-state index contributed by atoms with van der Waals surface area (Å²) in [5, 5.41) is 8.42. The van der Waals surface area contributed by atoms with Crippen LogP contribution in [0, 0.1) is 0 Å². The Kier molecular flexibility index (Phi) is 4.50. The third kappa shape index (κ3) is 4.39. The third-order valence-electron chi connectivity index (χ3n) is 2.52. The molecule has 1 heterocycles. The number of hydrogen-bond donors (Lipinski definition) is 2. The van der Waals surface area contributed by atoms with Gasteiger partial charge in [0.1, 0.15) is 10.8 Å². The molecule has 0 saturated carbocycles. The molecule has 0 fully saturated rings. The fraction of sp³-hybridized carbons (Fsp3) is 0.0769. The average Bonchev–Trinajstić information content (AvgIpc) is 2.42. The molecule has 2 aromatic rings. The number of pyridine rings is 1.